The fourth-order valence-corrected chi connectivity index (χ4v) is 4.67. The lowest BCUT2D eigenvalue weighted by atomic mass is 10.0. The van der Waals surface area contributed by atoms with E-state index in [9.17, 15) is 4.79 Å². The first kappa shape index (κ1) is 26.1. The smallest absolute Gasteiger partial charge is 0.181 e. The fraction of sp³-hybridized carbons (Fsp3) is 0.452. The second-order valence-electron chi connectivity index (χ2n) is 9.44. The van der Waals surface area contributed by atoms with Gasteiger partial charge in [0, 0.05) is 13.1 Å². The van der Waals surface area contributed by atoms with Crippen LogP contribution in [0, 0.1) is 0 Å². The second kappa shape index (κ2) is 14.7. The summed E-state index contributed by atoms with van der Waals surface area (Å²) in [5.41, 5.74) is 6.67. The molecule has 0 amide bonds. The molecule has 1 N–H and O–H groups in total. The molecule has 2 aromatic carbocycles. The van der Waals surface area contributed by atoms with Gasteiger partial charge in [0.05, 0.1) is 0 Å². The van der Waals surface area contributed by atoms with Crippen LogP contribution in [0.25, 0.3) is 11.6 Å². The highest BCUT2D eigenvalue weighted by Gasteiger charge is 2.15. The highest BCUT2D eigenvalue weighted by Crippen LogP contribution is 2.29. The van der Waals surface area contributed by atoms with Crippen LogP contribution in [0.5, 0.6) is 0 Å². The third-order valence-corrected chi connectivity index (χ3v) is 6.71. The Hall–Kier alpha value is -2.49. The Morgan fingerprint density at radius 1 is 0.941 bits per heavy atom. The van der Waals surface area contributed by atoms with Crippen LogP contribution in [0.3, 0.4) is 0 Å². The number of benzene rings is 2. The summed E-state index contributed by atoms with van der Waals surface area (Å²) < 4.78 is 0. The molecule has 0 saturated heterocycles. The molecular weight excluding hydrogens is 418 g/mol. The van der Waals surface area contributed by atoms with Gasteiger partial charge in [-0.3, -0.25) is 9.69 Å². The number of allylic oxidation sites excluding steroid dienone is 1. The third-order valence-electron chi connectivity index (χ3n) is 6.71. The van der Waals surface area contributed by atoms with E-state index < -0.39 is 6.61 Å². The highest BCUT2D eigenvalue weighted by molar-refractivity contribution is 5.94. The molecule has 0 spiro atoms. The molecule has 34 heavy (non-hydrogen) atoms. The molecule has 1 aliphatic carbocycles. The number of aliphatic hydroxyl groups is 1. The van der Waals surface area contributed by atoms with Crippen LogP contribution in [0.4, 0.5) is 0 Å². The van der Waals surface area contributed by atoms with Crippen molar-refractivity contribution in [1.29, 1.82) is 0 Å². The predicted octanol–water partition coefficient (Wildman–Crippen LogP) is 6.84. The molecule has 0 heterocycles. The molecule has 0 atom stereocenters. The van der Waals surface area contributed by atoms with Gasteiger partial charge < -0.3 is 5.11 Å². The molecule has 0 aromatic heterocycles. The van der Waals surface area contributed by atoms with E-state index in [2.05, 4.69) is 66.4 Å². The number of rotatable bonds is 16. The van der Waals surface area contributed by atoms with E-state index in [1.807, 2.05) is 0 Å². The lowest BCUT2D eigenvalue weighted by molar-refractivity contribution is -0.117. The first-order valence-corrected chi connectivity index (χ1v) is 13.1. The van der Waals surface area contributed by atoms with Gasteiger partial charge in [0.2, 0.25) is 0 Å². The number of aliphatic hydroxyl groups excluding tert-OH is 1. The van der Waals surface area contributed by atoms with Gasteiger partial charge in [-0.2, -0.15) is 0 Å². The first-order valence-electron chi connectivity index (χ1n) is 13.1. The van der Waals surface area contributed by atoms with Crippen molar-refractivity contribution < 1.29 is 9.90 Å². The lowest BCUT2D eigenvalue weighted by Crippen LogP contribution is -2.26. The van der Waals surface area contributed by atoms with Gasteiger partial charge in [0.15, 0.2) is 5.78 Å². The maximum Gasteiger partial charge on any atom is 0.181 e. The van der Waals surface area contributed by atoms with Gasteiger partial charge in [-0.05, 0) is 59.7 Å². The van der Waals surface area contributed by atoms with Gasteiger partial charge in [-0.1, -0.05) is 106 Å². The summed E-state index contributed by atoms with van der Waals surface area (Å²) in [5.74, 6) is -0.271. The van der Waals surface area contributed by atoms with Crippen LogP contribution in [-0.4, -0.2) is 35.5 Å². The number of ketones is 1. The molecule has 0 saturated carbocycles. The largest absolute Gasteiger partial charge is 0.388 e. The molecule has 3 heteroatoms. The first-order chi connectivity index (χ1) is 16.7. The van der Waals surface area contributed by atoms with E-state index in [1.54, 1.807) is 6.08 Å². The van der Waals surface area contributed by atoms with Gasteiger partial charge in [-0.25, -0.2) is 0 Å². The van der Waals surface area contributed by atoms with Crippen LogP contribution in [0.15, 0.2) is 60.7 Å². The molecule has 2 aromatic rings. The van der Waals surface area contributed by atoms with Crippen LogP contribution < -0.4 is 0 Å². The minimum atomic E-state index is -0.441. The number of carbonyl (C=O) groups excluding carboxylic acids is 1. The van der Waals surface area contributed by atoms with Crippen molar-refractivity contribution in [3.8, 4) is 0 Å². The van der Waals surface area contributed by atoms with Crippen molar-refractivity contribution in [1.82, 2.24) is 4.90 Å². The van der Waals surface area contributed by atoms with E-state index in [1.165, 1.54) is 73.3 Å². The maximum absolute atomic E-state index is 11.3. The SMILES string of the molecule is CCCCCCCCCN(CCC1=CCc2ccccc21)Cc1ccc(/C=C/C(=O)CO)cc1. The zero-order valence-electron chi connectivity index (χ0n) is 20.8. The van der Waals surface area contributed by atoms with E-state index in [4.69, 9.17) is 5.11 Å². The molecule has 0 bridgehead atoms. The fourth-order valence-electron chi connectivity index (χ4n) is 4.67. The third kappa shape index (κ3) is 8.70. The zero-order chi connectivity index (χ0) is 24.0. The summed E-state index contributed by atoms with van der Waals surface area (Å²) in [5, 5.41) is 8.87. The van der Waals surface area contributed by atoms with E-state index >= 15 is 0 Å². The lowest BCUT2D eigenvalue weighted by Gasteiger charge is -2.23. The average Bonchev–Trinajstić information content (AvgIpc) is 3.29. The van der Waals surface area contributed by atoms with E-state index in [0.29, 0.717) is 0 Å². The molecule has 0 aliphatic heterocycles. The number of nitrogens with zero attached hydrogens (tertiary/aromatic N) is 1. The summed E-state index contributed by atoms with van der Waals surface area (Å²) >= 11 is 0. The molecule has 182 valence electrons. The van der Waals surface area contributed by atoms with Gasteiger partial charge in [0.1, 0.15) is 6.61 Å². The molecule has 0 radical (unpaired) electrons. The van der Waals surface area contributed by atoms with Crippen LogP contribution >= 0.6 is 0 Å². The predicted molar refractivity (Wildman–Crippen MR) is 144 cm³/mol. The van der Waals surface area contributed by atoms with Crippen molar-refractivity contribution in [2.45, 2.75) is 71.3 Å². The molecular formula is C31H41NO2. The molecule has 0 unspecified atom stereocenters. The number of hydrogen-bond acceptors (Lipinski definition) is 3. The monoisotopic (exact) mass is 459 g/mol. The topological polar surface area (TPSA) is 40.5 Å². The summed E-state index contributed by atoms with van der Waals surface area (Å²) in [7, 11) is 0. The Morgan fingerprint density at radius 2 is 1.68 bits per heavy atom. The zero-order valence-corrected chi connectivity index (χ0v) is 20.8. The normalized spacial score (nSPS) is 13.0. The number of unbranched alkanes of at least 4 members (excludes halogenated alkanes) is 6. The average molecular weight is 460 g/mol. The Morgan fingerprint density at radius 3 is 2.44 bits per heavy atom. The van der Waals surface area contributed by atoms with Crippen LogP contribution in [0.1, 0.15) is 80.5 Å². The Bertz CT molecular complexity index is 942. The van der Waals surface area contributed by atoms with Crippen molar-refractivity contribution in [3.63, 3.8) is 0 Å². The summed E-state index contributed by atoms with van der Waals surface area (Å²) in [6, 6.07) is 17.2. The molecule has 3 rings (SSSR count). The molecule has 3 nitrogen and oxygen atoms in total. The molecule has 0 fully saturated rings. The summed E-state index contributed by atoms with van der Waals surface area (Å²) in [6.07, 6.45) is 17.1. The minimum Gasteiger partial charge on any atom is -0.388 e. The van der Waals surface area contributed by atoms with E-state index in [0.717, 1.165) is 38.0 Å². The minimum absolute atomic E-state index is 0.271. The Balaban J connectivity index is 1.55. The van der Waals surface area contributed by atoms with Crippen LogP contribution in [0.2, 0.25) is 0 Å². The van der Waals surface area contributed by atoms with E-state index in [-0.39, 0.29) is 5.78 Å². The summed E-state index contributed by atoms with van der Waals surface area (Å²) in [6.45, 7) is 4.99. The van der Waals surface area contributed by atoms with Gasteiger partial charge in [0.25, 0.3) is 0 Å². The second-order valence-corrected chi connectivity index (χ2v) is 9.44. The van der Waals surface area contributed by atoms with Gasteiger partial charge in [-0.15, -0.1) is 0 Å². The van der Waals surface area contributed by atoms with Crippen molar-refractivity contribution >= 4 is 17.4 Å². The molecule has 1 aliphatic rings. The number of carbonyl (C=O) groups is 1. The van der Waals surface area contributed by atoms with Gasteiger partial charge >= 0.3 is 0 Å². The number of hydrogen-bond donors (Lipinski definition) is 1. The maximum atomic E-state index is 11.3. The quantitative estimate of drug-likeness (QED) is 0.221. The van der Waals surface area contributed by atoms with Crippen LogP contribution in [-0.2, 0) is 17.8 Å². The van der Waals surface area contributed by atoms with Crippen molar-refractivity contribution in [3.05, 3.63) is 82.9 Å². The standard InChI is InChI=1S/C31H41NO2/c1-2-3-4-5-6-7-10-22-32(23-21-29-19-18-28-11-8-9-12-31(28)29)24-27-15-13-26(14-16-27)17-20-30(34)25-33/h8-9,11-17,19-20,33H,2-7,10,18,21-25H2,1H3/b20-17+. The Labute approximate surface area is 206 Å². The summed E-state index contributed by atoms with van der Waals surface area (Å²) in [4.78, 5) is 13.9. The van der Waals surface area contributed by atoms with Crippen molar-refractivity contribution in [2.75, 3.05) is 19.7 Å². The van der Waals surface area contributed by atoms with Crippen molar-refractivity contribution in [2.24, 2.45) is 0 Å². The number of fused-ring (bicyclic) bond motifs is 1. The highest BCUT2D eigenvalue weighted by atomic mass is 16.3. The Kier molecular flexibility index (Phi) is 11.3.